The Balaban J connectivity index is 1.44. The number of phenols is 1. The van der Waals surface area contributed by atoms with Gasteiger partial charge in [-0.2, -0.15) is 0 Å². The number of hydrogen-bond acceptors (Lipinski definition) is 5. The van der Waals surface area contributed by atoms with Crippen LogP contribution in [0, 0.1) is 11.7 Å². The van der Waals surface area contributed by atoms with Gasteiger partial charge >= 0.3 is 0 Å². The standard InChI is InChI=1S/C19H27FN4O3S/c20-18-15-11-23(8-1-2-13-3-6-21-7-4-13)9-5-14(15)10-16(25)19(18)24-12-17(26)22-28(24)27/h10,13,21,25H,1-9,11-12H2,(H,22,26). The zero-order valence-electron chi connectivity index (χ0n) is 15.9. The molecule has 0 aliphatic carbocycles. The van der Waals surface area contributed by atoms with Crippen molar-refractivity contribution in [3.8, 4) is 5.75 Å². The van der Waals surface area contributed by atoms with Gasteiger partial charge in [-0.3, -0.25) is 18.7 Å². The molecule has 1 aromatic rings. The van der Waals surface area contributed by atoms with Crippen molar-refractivity contribution in [2.45, 2.75) is 38.6 Å². The Morgan fingerprint density at radius 2 is 2.07 bits per heavy atom. The normalized spacial score (nSPS) is 23.7. The van der Waals surface area contributed by atoms with Crippen molar-refractivity contribution in [2.75, 3.05) is 37.0 Å². The molecule has 1 aromatic carbocycles. The molecule has 3 heterocycles. The van der Waals surface area contributed by atoms with Crippen LogP contribution >= 0.6 is 0 Å². The van der Waals surface area contributed by atoms with Gasteiger partial charge < -0.3 is 10.4 Å². The maximum absolute atomic E-state index is 15.2. The number of anilines is 1. The summed E-state index contributed by atoms with van der Waals surface area (Å²) in [6.45, 7) is 4.23. The molecule has 28 heavy (non-hydrogen) atoms. The summed E-state index contributed by atoms with van der Waals surface area (Å²) in [6.07, 6.45) is 5.45. The molecule has 9 heteroatoms. The summed E-state index contributed by atoms with van der Waals surface area (Å²) in [5.41, 5.74) is 1.18. The number of piperidine rings is 1. The summed E-state index contributed by atoms with van der Waals surface area (Å²) >= 11 is -1.86. The lowest BCUT2D eigenvalue weighted by Crippen LogP contribution is -2.33. The van der Waals surface area contributed by atoms with Crippen molar-refractivity contribution < 1.29 is 18.5 Å². The number of amides is 1. The Morgan fingerprint density at radius 1 is 1.29 bits per heavy atom. The van der Waals surface area contributed by atoms with Gasteiger partial charge in [0.1, 0.15) is 18.0 Å². The molecule has 0 radical (unpaired) electrons. The Labute approximate surface area is 167 Å². The number of aromatic hydroxyl groups is 1. The van der Waals surface area contributed by atoms with E-state index in [1.54, 1.807) is 6.07 Å². The van der Waals surface area contributed by atoms with Crippen LogP contribution in [-0.2, 0) is 28.9 Å². The van der Waals surface area contributed by atoms with E-state index in [1.165, 1.54) is 19.3 Å². The van der Waals surface area contributed by atoms with Crippen LogP contribution in [0.2, 0.25) is 0 Å². The first-order valence-corrected chi connectivity index (χ1v) is 11.1. The monoisotopic (exact) mass is 410 g/mol. The number of halogens is 1. The van der Waals surface area contributed by atoms with Crippen molar-refractivity contribution in [1.29, 1.82) is 0 Å². The van der Waals surface area contributed by atoms with Crippen molar-refractivity contribution in [2.24, 2.45) is 5.92 Å². The predicted molar refractivity (Wildman–Crippen MR) is 106 cm³/mol. The molecule has 0 spiro atoms. The summed E-state index contributed by atoms with van der Waals surface area (Å²) in [7, 11) is 0. The average Bonchev–Trinajstić information content (AvgIpc) is 3.01. The minimum Gasteiger partial charge on any atom is -0.506 e. The largest absolute Gasteiger partial charge is 0.506 e. The molecule has 4 rings (SSSR count). The van der Waals surface area contributed by atoms with Crippen molar-refractivity contribution >= 4 is 22.8 Å². The second-order valence-electron chi connectivity index (χ2n) is 7.87. The van der Waals surface area contributed by atoms with Gasteiger partial charge in [0, 0.05) is 18.7 Å². The van der Waals surface area contributed by atoms with Crippen LogP contribution in [0.3, 0.4) is 0 Å². The lowest BCUT2D eigenvalue weighted by molar-refractivity contribution is -0.117. The third kappa shape index (κ3) is 4.01. The number of carbonyl (C=O) groups excluding carboxylic acids is 1. The van der Waals surface area contributed by atoms with Gasteiger partial charge in [-0.25, -0.2) is 8.60 Å². The Hall–Kier alpha value is -1.71. The lowest BCUT2D eigenvalue weighted by Gasteiger charge is -2.31. The molecule has 1 atom stereocenters. The van der Waals surface area contributed by atoms with E-state index in [9.17, 15) is 14.1 Å². The van der Waals surface area contributed by atoms with Crippen LogP contribution in [0.5, 0.6) is 5.75 Å². The number of nitrogens with zero attached hydrogens (tertiary/aromatic N) is 2. The van der Waals surface area contributed by atoms with E-state index in [4.69, 9.17) is 0 Å². The molecule has 2 fully saturated rings. The minimum absolute atomic E-state index is 0.146. The van der Waals surface area contributed by atoms with E-state index < -0.39 is 22.9 Å². The number of carbonyl (C=O) groups is 1. The van der Waals surface area contributed by atoms with Crippen molar-refractivity contribution in [3.63, 3.8) is 0 Å². The van der Waals surface area contributed by atoms with Crippen LogP contribution < -0.4 is 14.3 Å². The Kier molecular flexibility index (Phi) is 5.84. The first-order valence-electron chi connectivity index (χ1n) is 9.98. The van der Waals surface area contributed by atoms with Gasteiger partial charge in [0.2, 0.25) is 11.2 Å². The van der Waals surface area contributed by atoms with Crippen LogP contribution in [0.4, 0.5) is 10.1 Å². The molecule has 2 saturated heterocycles. The molecule has 0 bridgehead atoms. The van der Waals surface area contributed by atoms with Gasteiger partial charge in [-0.15, -0.1) is 0 Å². The molecular weight excluding hydrogens is 383 g/mol. The zero-order chi connectivity index (χ0) is 19.7. The van der Waals surface area contributed by atoms with E-state index in [1.807, 2.05) is 0 Å². The second kappa shape index (κ2) is 8.34. The number of fused-ring (bicyclic) bond motifs is 1. The fourth-order valence-electron chi connectivity index (χ4n) is 4.43. The molecular formula is C19H27FN4O3S. The first kappa shape index (κ1) is 19.6. The van der Waals surface area contributed by atoms with E-state index in [0.717, 1.165) is 48.4 Å². The fraction of sp³-hybridized carbons (Fsp3) is 0.632. The number of rotatable bonds is 5. The quantitative estimate of drug-likeness (QED) is 0.679. The van der Waals surface area contributed by atoms with Crippen molar-refractivity contribution in [1.82, 2.24) is 14.9 Å². The predicted octanol–water partition coefficient (Wildman–Crippen LogP) is 1.18. The number of benzene rings is 1. The van der Waals surface area contributed by atoms with Crippen molar-refractivity contribution in [3.05, 3.63) is 23.0 Å². The molecule has 1 amide bonds. The molecule has 7 nitrogen and oxygen atoms in total. The number of phenolic OH excluding ortho intramolecular Hbond substituents is 1. The average molecular weight is 411 g/mol. The van der Waals surface area contributed by atoms with Crippen LogP contribution in [0.15, 0.2) is 6.07 Å². The summed E-state index contributed by atoms with van der Waals surface area (Å²) in [6, 6.07) is 1.56. The highest BCUT2D eigenvalue weighted by atomic mass is 32.2. The van der Waals surface area contributed by atoms with E-state index in [-0.39, 0.29) is 18.0 Å². The minimum atomic E-state index is -1.86. The topological polar surface area (TPSA) is 84.9 Å². The highest BCUT2D eigenvalue weighted by Gasteiger charge is 2.34. The molecule has 154 valence electrons. The maximum atomic E-state index is 15.2. The maximum Gasteiger partial charge on any atom is 0.253 e. The molecule has 3 aliphatic rings. The Morgan fingerprint density at radius 3 is 2.79 bits per heavy atom. The molecule has 0 saturated carbocycles. The van der Waals surface area contributed by atoms with Gasteiger partial charge in [-0.05, 0) is 69.3 Å². The molecule has 3 aliphatic heterocycles. The first-order chi connectivity index (χ1) is 13.5. The SMILES string of the molecule is O=C1CN(c2c(O)cc3c(c2F)CN(CCCC2CCNCC2)CC3)S(=O)N1. The highest BCUT2D eigenvalue weighted by Crippen LogP contribution is 2.38. The van der Waals surface area contributed by atoms with Gasteiger partial charge in [0.15, 0.2) is 5.82 Å². The van der Waals surface area contributed by atoms with Crippen LogP contribution in [0.1, 0.15) is 36.8 Å². The highest BCUT2D eigenvalue weighted by molar-refractivity contribution is 7.85. The van der Waals surface area contributed by atoms with E-state index in [0.29, 0.717) is 18.5 Å². The third-order valence-corrected chi connectivity index (χ3v) is 7.09. The van der Waals surface area contributed by atoms with E-state index in [2.05, 4.69) is 14.9 Å². The molecule has 1 unspecified atom stereocenters. The van der Waals surface area contributed by atoms with Crippen LogP contribution in [0.25, 0.3) is 0 Å². The van der Waals surface area contributed by atoms with E-state index >= 15 is 4.39 Å². The third-order valence-electron chi connectivity index (χ3n) is 5.98. The summed E-state index contributed by atoms with van der Waals surface area (Å²) in [5.74, 6) is -0.494. The van der Waals surface area contributed by atoms with Crippen LogP contribution in [-0.4, -0.2) is 52.8 Å². The number of hydrogen-bond donors (Lipinski definition) is 3. The molecule has 3 N–H and O–H groups in total. The van der Waals surface area contributed by atoms with Gasteiger partial charge in [-0.1, -0.05) is 0 Å². The fourth-order valence-corrected chi connectivity index (χ4v) is 5.37. The second-order valence-corrected chi connectivity index (χ2v) is 9.01. The number of nitrogens with one attached hydrogen (secondary N) is 2. The molecule has 0 aromatic heterocycles. The summed E-state index contributed by atoms with van der Waals surface area (Å²) in [5, 5.41) is 13.7. The summed E-state index contributed by atoms with van der Waals surface area (Å²) in [4.78, 5) is 13.7. The zero-order valence-corrected chi connectivity index (χ0v) is 16.7. The summed E-state index contributed by atoms with van der Waals surface area (Å²) < 4.78 is 30.6. The smallest absolute Gasteiger partial charge is 0.253 e. The van der Waals surface area contributed by atoms with Gasteiger partial charge in [0.25, 0.3) is 5.91 Å². The Bertz CT molecular complexity index is 785. The lowest BCUT2D eigenvalue weighted by atomic mass is 9.92. The van der Waals surface area contributed by atoms with Gasteiger partial charge in [0.05, 0.1) is 0 Å².